The molecule has 0 saturated carbocycles. The predicted molar refractivity (Wildman–Crippen MR) is 63.4 cm³/mol. The SMILES string of the molecule is COCC(O)CN1CCCCC1CC(C)O. The molecule has 4 heteroatoms. The Kier molecular flexibility index (Phi) is 6.28. The highest BCUT2D eigenvalue weighted by Crippen LogP contribution is 2.21. The minimum absolute atomic E-state index is 0.259. The van der Waals surface area contributed by atoms with Crippen molar-refractivity contribution in [1.29, 1.82) is 0 Å². The van der Waals surface area contributed by atoms with Crippen molar-refractivity contribution in [3.63, 3.8) is 0 Å². The molecule has 1 saturated heterocycles. The molecule has 1 aliphatic rings. The zero-order valence-corrected chi connectivity index (χ0v) is 10.4. The summed E-state index contributed by atoms with van der Waals surface area (Å²) in [6.07, 6.45) is 3.68. The van der Waals surface area contributed by atoms with Gasteiger partial charge in [-0.3, -0.25) is 4.90 Å². The zero-order chi connectivity index (χ0) is 12.0. The van der Waals surface area contributed by atoms with Crippen molar-refractivity contribution in [3.8, 4) is 0 Å². The van der Waals surface area contributed by atoms with Gasteiger partial charge in [0.25, 0.3) is 0 Å². The summed E-state index contributed by atoms with van der Waals surface area (Å²) in [6, 6.07) is 0.417. The Bertz CT molecular complexity index is 187. The fourth-order valence-corrected chi connectivity index (χ4v) is 2.48. The van der Waals surface area contributed by atoms with Crippen LogP contribution in [0.25, 0.3) is 0 Å². The number of methoxy groups -OCH3 is 1. The molecule has 4 nitrogen and oxygen atoms in total. The number of nitrogens with zero attached hydrogens (tertiary/aromatic N) is 1. The number of β-amino-alcohol motifs (C(OH)–C–C–N with tert-alkyl or cyclic N) is 1. The second-order valence-corrected chi connectivity index (χ2v) is 4.84. The number of rotatable bonds is 6. The minimum atomic E-state index is -0.417. The lowest BCUT2D eigenvalue weighted by molar-refractivity contribution is 0.00853. The van der Waals surface area contributed by atoms with Crippen LogP contribution in [0.5, 0.6) is 0 Å². The Morgan fingerprint density at radius 1 is 1.38 bits per heavy atom. The van der Waals surface area contributed by atoms with Gasteiger partial charge in [-0.05, 0) is 32.7 Å². The van der Waals surface area contributed by atoms with E-state index in [1.54, 1.807) is 7.11 Å². The number of ether oxygens (including phenoxy) is 1. The third kappa shape index (κ3) is 4.78. The van der Waals surface area contributed by atoms with E-state index in [2.05, 4.69) is 4.90 Å². The van der Waals surface area contributed by atoms with Crippen molar-refractivity contribution in [2.75, 3.05) is 26.8 Å². The Morgan fingerprint density at radius 3 is 2.75 bits per heavy atom. The molecule has 0 aromatic carbocycles. The number of hydrogen-bond donors (Lipinski definition) is 2. The summed E-state index contributed by atoms with van der Waals surface area (Å²) in [5.41, 5.74) is 0. The van der Waals surface area contributed by atoms with Gasteiger partial charge in [-0.2, -0.15) is 0 Å². The van der Waals surface area contributed by atoms with Crippen LogP contribution in [-0.4, -0.2) is 60.2 Å². The smallest absolute Gasteiger partial charge is 0.0900 e. The monoisotopic (exact) mass is 231 g/mol. The molecule has 16 heavy (non-hydrogen) atoms. The zero-order valence-electron chi connectivity index (χ0n) is 10.4. The summed E-state index contributed by atoms with van der Waals surface area (Å²) in [4.78, 5) is 2.29. The largest absolute Gasteiger partial charge is 0.393 e. The van der Waals surface area contributed by atoms with E-state index in [0.717, 1.165) is 19.4 Å². The minimum Gasteiger partial charge on any atom is -0.393 e. The molecule has 1 aliphatic heterocycles. The van der Waals surface area contributed by atoms with Crippen LogP contribution in [0.2, 0.25) is 0 Å². The Hall–Kier alpha value is -0.160. The highest BCUT2D eigenvalue weighted by molar-refractivity contribution is 4.80. The van der Waals surface area contributed by atoms with E-state index < -0.39 is 6.10 Å². The lowest BCUT2D eigenvalue weighted by atomic mass is 9.97. The molecule has 0 radical (unpaired) electrons. The van der Waals surface area contributed by atoms with Crippen LogP contribution in [0.4, 0.5) is 0 Å². The summed E-state index contributed by atoms with van der Waals surface area (Å²) in [5.74, 6) is 0. The van der Waals surface area contributed by atoms with Gasteiger partial charge in [-0.25, -0.2) is 0 Å². The van der Waals surface area contributed by atoms with Crippen molar-refractivity contribution in [2.45, 2.75) is 50.9 Å². The first-order valence-corrected chi connectivity index (χ1v) is 6.22. The van der Waals surface area contributed by atoms with Crippen LogP contribution in [0.3, 0.4) is 0 Å². The molecular formula is C12H25NO3. The van der Waals surface area contributed by atoms with Crippen LogP contribution in [0.1, 0.15) is 32.6 Å². The molecule has 0 aromatic rings. The maximum Gasteiger partial charge on any atom is 0.0900 e. The predicted octanol–water partition coefficient (Wildman–Crippen LogP) is 0.619. The van der Waals surface area contributed by atoms with Gasteiger partial charge in [-0.1, -0.05) is 6.42 Å². The quantitative estimate of drug-likeness (QED) is 0.703. The summed E-state index contributed by atoms with van der Waals surface area (Å²) >= 11 is 0. The Morgan fingerprint density at radius 2 is 2.12 bits per heavy atom. The van der Waals surface area contributed by atoms with Gasteiger partial charge < -0.3 is 14.9 Å². The molecule has 1 heterocycles. The highest BCUT2D eigenvalue weighted by atomic mass is 16.5. The summed E-state index contributed by atoms with van der Waals surface area (Å²) < 4.78 is 4.94. The van der Waals surface area contributed by atoms with Gasteiger partial charge in [0, 0.05) is 19.7 Å². The van der Waals surface area contributed by atoms with Crippen LogP contribution in [0.15, 0.2) is 0 Å². The van der Waals surface area contributed by atoms with Gasteiger partial charge in [-0.15, -0.1) is 0 Å². The van der Waals surface area contributed by atoms with E-state index in [1.807, 2.05) is 6.92 Å². The second-order valence-electron chi connectivity index (χ2n) is 4.84. The third-order valence-electron chi connectivity index (χ3n) is 3.17. The molecule has 0 spiro atoms. The van der Waals surface area contributed by atoms with E-state index in [1.165, 1.54) is 12.8 Å². The Balaban J connectivity index is 2.40. The third-order valence-corrected chi connectivity index (χ3v) is 3.17. The average molecular weight is 231 g/mol. The van der Waals surface area contributed by atoms with Crippen molar-refractivity contribution >= 4 is 0 Å². The average Bonchev–Trinajstić information content (AvgIpc) is 2.20. The first-order chi connectivity index (χ1) is 7.63. The van der Waals surface area contributed by atoms with Crippen LogP contribution in [-0.2, 0) is 4.74 Å². The molecule has 1 rings (SSSR count). The molecule has 1 fully saturated rings. The summed E-state index contributed by atoms with van der Waals surface area (Å²) in [7, 11) is 1.60. The normalized spacial score (nSPS) is 26.6. The molecule has 0 amide bonds. The van der Waals surface area contributed by atoms with E-state index in [0.29, 0.717) is 19.2 Å². The van der Waals surface area contributed by atoms with E-state index in [-0.39, 0.29) is 6.10 Å². The van der Waals surface area contributed by atoms with Gasteiger partial charge in [0.2, 0.25) is 0 Å². The molecule has 0 aliphatic carbocycles. The molecule has 2 N–H and O–H groups in total. The molecule has 0 bridgehead atoms. The number of piperidine rings is 1. The molecule has 3 atom stereocenters. The molecular weight excluding hydrogens is 206 g/mol. The van der Waals surface area contributed by atoms with Crippen LogP contribution in [0, 0.1) is 0 Å². The standard InChI is InChI=1S/C12H25NO3/c1-10(14)7-11-5-3-4-6-13(11)8-12(15)9-16-2/h10-12,14-15H,3-9H2,1-2H3. The second kappa shape index (κ2) is 7.22. The number of hydrogen-bond acceptors (Lipinski definition) is 4. The van der Waals surface area contributed by atoms with Crippen molar-refractivity contribution < 1.29 is 14.9 Å². The summed E-state index contributed by atoms with van der Waals surface area (Å²) in [5, 5.41) is 19.2. The van der Waals surface area contributed by atoms with Gasteiger partial charge in [0.15, 0.2) is 0 Å². The highest BCUT2D eigenvalue weighted by Gasteiger charge is 2.25. The topological polar surface area (TPSA) is 52.9 Å². The van der Waals surface area contributed by atoms with Crippen molar-refractivity contribution in [2.24, 2.45) is 0 Å². The van der Waals surface area contributed by atoms with E-state index in [4.69, 9.17) is 4.74 Å². The molecule has 3 unspecified atom stereocenters. The molecule has 96 valence electrons. The lowest BCUT2D eigenvalue weighted by Crippen LogP contribution is -2.45. The maximum atomic E-state index is 9.72. The van der Waals surface area contributed by atoms with Gasteiger partial charge in [0.1, 0.15) is 0 Å². The number of aliphatic hydroxyl groups excluding tert-OH is 2. The number of likely N-dealkylation sites (tertiary alicyclic amines) is 1. The lowest BCUT2D eigenvalue weighted by Gasteiger charge is -2.37. The van der Waals surface area contributed by atoms with Crippen molar-refractivity contribution in [1.82, 2.24) is 4.90 Å². The van der Waals surface area contributed by atoms with Gasteiger partial charge in [0.05, 0.1) is 18.8 Å². The maximum absolute atomic E-state index is 9.72. The Labute approximate surface area is 98.2 Å². The van der Waals surface area contributed by atoms with E-state index in [9.17, 15) is 10.2 Å². The van der Waals surface area contributed by atoms with Gasteiger partial charge >= 0.3 is 0 Å². The number of aliphatic hydroxyl groups is 2. The van der Waals surface area contributed by atoms with Crippen LogP contribution >= 0.6 is 0 Å². The first-order valence-electron chi connectivity index (χ1n) is 6.22. The van der Waals surface area contributed by atoms with Crippen LogP contribution < -0.4 is 0 Å². The fourth-order valence-electron chi connectivity index (χ4n) is 2.48. The summed E-state index contributed by atoms with van der Waals surface area (Å²) in [6.45, 7) is 3.90. The fraction of sp³-hybridized carbons (Fsp3) is 1.00. The van der Waals surface area contributed by atoms with Crippen molar-refractivity contribution in [3.05, 3.63) is 0 Å². The van der Waals surface area contributed by atoms with E-state index >= 15 is 0 Å². The molecule has 0 aromatic heterocycles. The first kappa shape index (κ1) is 13.9.